The second-order valence-electron chi connectivity index (χ2n) is 5.13. The van der Waals surface area contributed by atoms with Gasteiger partial charge in [0.2, 0.25) is 5.91 Å². The Balaban J connectivity index is 2.83. The number of carbonyl (C=O) groups excluding carboxylic acids is 1. The van der Waals surface area contributed by atoms with Gasteiger partial charge < -0.3 is 10.6 Å². The lowest BCUT2D eigenvalue weighted by molar-refractivity contribution is -0.140. The summed E-state index contributed by atoms with van der Waals surface area (Å²) in [4.78, 5) is 16.5. The molecule has 0 aliphatic heterocycles. The largest absolute Gasteiger partial charge is 0.338 e. The molecule has 3 nitrogen and oxygen atoms in total. The summed E-state index contributed by atoms with van der Waals surface area (Å²) in [5.74, 6) is 0.0959. The van der Waals surface area contributed by atoms with Gasteiger partial charge in [-0.1, -0.05) is 0 Å². The highest BCUT2D eigenvalue weighted by Crippen LogP contribution is 2.29. The Morgan fingerprint density at radius 2 is 2.12 bits per heavy atom. The van der Waals surface area contributed by atoms with Gasteiger partial charge in [0.1, 0.15) is 0 Å². The molecular weight excluding hydrogens is 232 g/mol. The quantitative estimate of drug-likeness (QED) is 0.897. The van der Waals surface area contributed by atoms with Gasteiger partial charge in [0.15, 0.2) is 0 Å². The second-order valence-corrected chi connectivity index (χ2v) is 6.45. The maximum absolute atomic E-state index is 12.3. The van der Waals surface area contributed by atoms with Crippen molar-refractivity contribution in [2.24, 2.45) is 11.1 Å². The molecule has 1 aromatic rings. The van der Waals surface area contributed by atoms with Crippen molar-refractivity contribution in [2.75, 3.05) is 13.6 Å². The van der Waals surface area contributed by atoms with Gasteiger partial charge in [0.05, 0.1) is 11.5 Å². The number of nitrogens with two attached hydrogens (primary N) is 1. The number of aryl methyl sites for hydroxylation is 1. The van der Waals surface area contributed by atoms with Gasteiger partial charge in [-0.2, -0.15) is 0 Å². The summed E-state index contributed by atoms with van der Waals surface area (Å²) < 4.78 is 0. The van der Waals surface area contributed by atoms with E-state index < -0.39 is 5.41 Å². The van der Waals surface area contributed by atoms with Crippen molar-refractivity contribution in [3.05, 3.63) is 21.9 Å². The van der Waals surface area contributed by atoms with Crippen LogP contribution in [0.1, 0.15) is 36.6 Å². The predicted molar refractivity (Wildman–Crippen MR) is 73.1 cm³/mol. The van der Waals surface area contributed by atoms with E-state index in [4.69, 9.17) is 5.73 Å². The lowest BCUT2D eigenvalue weighted by Crippen LogP contribution is -2.43. The molecule has 1 heterocycles. The van der Waals surface area contributed by atoms with Crippen LogP contribution in [0.2, 0.25) is 0 Å². The van der Waals surface area contributed by atoms with Crippen LogP contribution in [-0.2, 0) is 4.79 Å². The minimum Gasteiger partial charge on any atom is -0.338 e. The summed E-state index contributed by atoms with van der Waals surface area (Å²) in [7, 11) is 1.85. The lowest BCUT2D eigenvalue weighted by atomic mass is 9.91. The van der Waals surface area contributed by atoms with Crippen molar-refractivity contribution in [1.82, 2.24) is 4.90 Å². The minimum atomic E-state index is -0.491. The molecule has 0 aliphatic carbocycles. The molecule has 96 valence electrons. The third kappa shape index (κ3) is 3.07. The molecule has 0 radical (unpaired) electrons. The van der Waals surface area contributed by atoms with Crippen molar-refractivity contribution in [3.8, 4) is 0 Å². The van der Waals surface area contributed by atoms with Crippen molar-refractivity contribution < 1.29 is 4.79 Å². The van der Waals surface area contributed by atoms with Gasteiger partial charge in [0, 0.05) is 23.3 Å². The Morgan fingerprint density at radius 1 is 1.53 bits per heavy atom. The Morgan fingerprint density at radius 3 is 2.53 bits per heavy atom. The van der Waals surface area contributed by atoms with E-state index in [0.717, 1.165) is 0 Å². The van der Waals surface area contributed by atoms with Crippen molar-refractivity contribution in [3.63, 3.8) is 0 Å². The number of hydrogen-bond acceptors (Lipinski definition) is 3. The Hall–Kier alpha value is -0.870. The topological polar surface area (TPSA) is 46.3 Å². The molecule has 4 heteroatoms. The summed E-state index contributed by atoms with van der Waals surface area (Å²) in [6, 6.07) is 4.28. The zero-order valence-corrected chi connectivity index (χ0v) is 12.1. The average molecular weight is 254 g/mol. The van der Waals surface area contributed by atoms with Gasteiger partial charge in [-0.3, -0.25) is 4.79 Å². The average Bonchev–Trinajstić information content (AvgIpc) is 2.72. The van der Waals surface area contributed by atoms with Crippen molar-refractivity contribution in [2.45, 2.75) is 33.7 Å². The number of amides is 1. The monoisotopic (exact) mass is 254 g/mol. The third-order valence-corrected chi connectivity index (χ3v) is 4.33. The molecule has 1 unspecified atom stereocenters. The van der Waals surface area contributed by atoms with Crippen LogP contribution in [0.15, 0.2) is 12.1 Å². The minimum absolute atomic E-state index is 0.0959. The number of nitrogens with zero attached hydrogens (tertiary/aromatic N) is 1. The van der Waals surface area contributed by atoms with Gasteiger partial charge in [-0.05, 0) is 39.8 Å². The van der Waals surface area contributed by atoms with Crippen LogP contribution in [0.4, 0.5) is 0 Å². The zero-order valence-electron chi connectivity index (χ0n) is 11.3. The fourth-order valence-corrected chi connectivity index (χ4v) is 2.58. The fraction of sp³-hybridized carbons (Fsp3) is 0.615. The second kappa shape index (κ2) is 5.19. The summed E-state index contributed by atoms with van der Waals surface area (Å²) in [5, 5.41) is 0. The first-order chi connectivity index (χ1) is 7.79. The summed E-state index contributed by atoms with van der Waals surface area (Å²) in [5.41, 5.74) is 5.15. The number of rotatable bonds is 4. The maximum atomic E-state index is 12.3. The van der Waals surface area contributed by atoms with Crippen molar-refractivity contribution in [1.29, 1.82) is 0 Å². The SMILES string of the molecule is Cc1ccc(C(C)N(C)C(=O)C(C)(C)CN)s1. The lowest BCUT2D eigenvalue weighted by Gasteiger charge is -2.32. The Labute approximate surface area is 108 Å². The van der Waals surface area contributed by atoms with Gasteiger partial charge in [-0.15, -0.1) is 11.3 Å². The molecule has 1 atom stereocenters. The highest BCUT2D eigenvalue weighted by atomic mass is 32.1. The first-order valence-corrected chi connectivity index (χ1v) is 6.65. The van der Waals surface area contributed by atoms with E-state index in [1.165, 1.54) is 9.75 Å². The standard InChI is InChI=1S/C13H22N2OS/c1-9-6-7-11(17-9)10(2)15(5)12(16)13(3,4)8-14/h6-7,10H,8,14H2,1-5H3. The molecule has 0 fully saturated rings. The Kier molecular flexibility index (Phi) is 4.33. The van der Waals surface area contributed by atoms with E-state index in [1.807, 2.05) is 20.9 Å². The van der Waals surface area contributed by atoms with Crippen LogP contribution < -0.4 is 5.73 Å². The molecule has 0 saturated heterocycles. The van der Waals surface area contributed by atoms with Crippen LogP contribution in [0.25, 0.3) is 0 Å². The van der Waals surface area contributed by atoms with Crippen LogP contribution in [0.5, 0.6) is 0 Å². The van der Waals surface area contributed by atoms with Crippen LogP contribution in [0.3, 0.4) is 0 Å². The molecule has 1 amide bonds. The zero-order chi connectivity index (χ0) is 13.2. The summed E-state index contributed by atoms with van der Waals surface area (Å²) in [6.07, 6.45) is 0. The van der Waals surface area contributed by atoms with E-state index in [0.29, 0.717) is 6.54 Å². The van der Waals surface area contributed by atoms with Crippen LogP contribution in [0, 0.1) is 12.3 Å². The Bertz CT molecular complexity index is 398. The van der Waals surface area contributed by atoms with Gasteiger partial charge >= 0.3 is 0 Å². The van der Waals surface area contributed by atoms with Crippen molar-refractivity contribution >= 4 is 17.2 Å². The third-order valence-electron chi connectivity index (χ3n) is 3.16. The molecule has 0 spiro atoms. The first kappa shape index (κ1) is 14.2. The molecule has 0 bridgehead atoms. The van der Waals surface area contributed by atoms with E-state index in [-0.39, 0.29) is 11.9 Å². The fourth-order valence-electron chi connectivity index (χ4n) is 1.61. The van der Waals surface area contributed by atoms with Crippen LogP contribution in [-0.4, -0.2) is 24.4 Å². The van der Waals surface area contributed by atoms with Crippen LogP contribution >= 0.6 is 11.3 Å². The van der Waals surface area contributed by atoms with E-state index in [2.05, 4.69) is 26.0 Å². The molecule has 17 heavy (non-hydrogen) atoms. The molecule has 1 aromatic heterocycles. The van der Waals surface area contributed by atoms with Gasteiger partial charge in [-0.25, -0.2) is 0 Å². The van der Waals surface area contributed by atoms with E-state index >= 15 is 0 Å². The first-order valence-electron chi connectivity index (χ1n) is 5.83. The highest BCUT2D eigenvalue weighted by molar-refractivity contribution is 7.12. The smallest absolute Gasteiger partial charge is 0.229 e. The molecule has 0 saturated carbocycles. The maximum Gasteiger partial charge on any atom is 0.229 e. The highest BCUT2D eigenvalue weighted by Gasteiger charge is 2.31. The molecule has 0 aromatic carbocycles. The summed E-state index contributed by atoms with van der Waals surface area (Å²) >= 11 is 1.73. The predicted octanol–water partition coefficient (Wildman–Crippen LogP) is 2.56. The summed E-state index contributed by atoms with van der Waals surface area (Å²) in [6.45, 7) is 8.27. The number of hydrogen-bond donors (Lipinski definition) is 1. The normalized spacial score (nSPS) is 13.5. The number of thiophene rings is 1. The molecular formula is C13H22N2OS. The molecule has 2 N–H and O–H groups in total. The van der Waals surface area contributed by atoms with E-state index in [9.17, 15) is 4.79 Å². The van der Waals surface area contributed by atoms with Gasteiger partial charge in [0.25, 0.3) is 0 Å². The molecule has 0 aliphatic rings. The van der Waals surface area contributed by atoms with E-state index in [1.54, 1.807) is 16.2 Å². The molecule has 1 rings (SSSR count). The number of carbonyl (C=O) groups is 1.